The number of hydrogen-bond donors (Lipinski definition) is 6. The van der Waals surface area contributed by atoms with E-state index >= 15 is 0 Å². The number of nitrogens with two attached hydrogens (primary N) is 2. The molecular formula is C26H34N8O7S2. The van der Waals surface area contributed by atoms with E-state index in [1.807, 2.05) is 0 Å². The van der Waals surface area contributed by atoms with Gasteiger partial charge in [0.2, 0.25) is 11.8 Å². The van der Waals surface area contributed by atoms with Crippen LogP contribution in [-0.4, -0.2) is 83.3 Å². The van der Waals surface area contributed by atoms with Crippen molar-refractivity contribution in [1.82, 2.24) is 30.6 Å². The van der Waals surface area contributed by atoms with E-state index in [1.54, 1.807) is 0 Å². The van der Waals surface area contributed by atoms with Gasteiger partial charge in [-0.3, -0.25) is 14.4 Å². The molecule has 0 saturated heterocycles. The van der Waals surface area contributed by atoms with Gasteiger partial charge in [-0.2, -0.15) is 0 Å². The summed E-state index contributed by atoms with van der Waals surface area (Å²) in [5.41, 5.74) is 12.9. The van der Waals surface area contributed by atoms with Crippen molar-refractivity contribution in [2.24, 2.45) is 11.8 Å². The molecule has 2 amide bonds. The number of carbonyl (C=O) groups is 5. The van der Waals surface area contributed by atoms with Gasteiger partial charge in [-0.1, -0.05) is 6.42 Å². The van der Waals surface area contributed by atoms with Crippen LogP contribution in [0.2, 0.25) is 0 Å². The zero-order chi connectivity index (χ0) is 31.7. The minimum atomic E-state index is -1.23. The van der Waals surface area contributed by atoms with Crippen molar-refractivity contribution in [2.75, 3.05) is 23.0 Å². The third-order valence-electron chi connectivity index (χ3n) is 6.72. The Morgan fingerprint density at radius 1 is 0.884 bits per heavy atom. The fraction of sp³-hybridized carbons (Fsp3) is 0.500. The smallest absolute Gasteiger partial charge is 0.327 e. The number of hydrogen-bond acceptors (Lipinski definition) is 13. The number of anilines is 2. The van der Waals surface area contributed by atoms with Gasteiger partial charge < -0.3 is 32.3 Å². The second-order valence-corrected chi connectivity index (χ2v) is 12.3. The number of nitrogens with zero attached hydrogens (tertiary/aromatic N) is 4. The van der Waals surface area contributed by atoms with Crippen molar-refractivity contribution in [3.05, 3.63) is 36.4 Å². The second-order valence-electron chi connectivity index (χ2n) is 9.97. The molecule has 3 rings (SSSR count). The van der Waals surface area contributed by atoms with Crippen molar-refractivity contribution < 1.29 is 34.2 Å². The molecule has 4 unspecified atom stereocenters. The zero-order valence-corrected chi connectivity index (χ0v) is 25.1. The van der Waals surface area contributed by atoms with Gasteiger partial charge in [0.15, 0.2) is 0 Å². The molecule has 0 aliphatic heterocycles. The van der Waals surface area contributed by atoms with E-state index in [2.05, 4.69) is 30.6 Å². The number of carboxylic acids is 2. The Hall–Kier alpha value is -3.99. The molecule has 1 saturated carbocycles. The van der Waals surface area contributed by atoms with Crippen LogP contribution in [0.15, 0.2) is 24.9 Å². The van der Waals surface area contributed by atoms with E-state index in [0.29, 0.717) is 30.6 Å². The van der Waals surface area contributed by atoms with Gasteiger partial charge in [0.05, 0.1) is 46.2 Å². The first-order valence-corrected chi connectivity index (χ1v) is 15.4. The largest absolute Gasteiger partial charge is 0.480 e. The number of carboxylic acid groups (broad SMARTS) is 2. The van der Waals surface area contributed by atoms with Crippen LogP contribution >= 0.6 is 23.5 Å². The van der Waals surface area contributed by atoms with Gasteiger partial charge in [-0.25, -0.2) is 29.5 Å². The van der Waals surface area contributed by atoms with E-state index in [4.69, 9.17) is 11.5 Å². The van der Waals surface area contributed by atoms with E-state index in [9.17, 15) is 34.2 Å². The van der Waals surface area contributed by atoms with Crippen LogP contribution in [0.5, 0.6) is 0 Å². The number of nitrogens with one attached hydrogen (secondary N) is 2. The Balaban J connectivity index is 1.96. The molecule has 2 aromatic heterocycles. The number of aromatic nitrogens is 4. The summed E-state index contributed by atoms with van der Waals surface area (Å²) >= 11 is 2.30. The van der Waals surface area contributed by atoms with Gasteiger partial charge in [-0.15, -0.1) is 23.5 Å². The molecule has 43 heavy (non-hydrogen) atoms. The average Bonchev–Trinajstić information content (AvgIpc) is 2.94. The standard InChI is InChI=1S/C26H34N8O7S2/c1-12(35)33-18(25(38)39)9-42-22(20-17(28)8-29-11-32-20)15-4-3-5-16(21(15)37)23(24-30-6-14(27)7-31-24)43-10-19(26(40)41)34-13(2)36/h6-8,11,15-16,18-19,22-23H,3-5,9-10,27-28H2,1-2H3,(H,33,35)(H,34,36)(H,38,39)(H,40,41)/t15?,16?,18-,19-,22?,23?/m0/s1. The Morgan fingerprint density at radius 3 is 1.88 bits per heavy atom. The molecule has 0 spiro atoms. The lowest BCUT2D eigenvalue weighted by atomic mass is 9.76. The van der Waals surface area contributed by atoms with Crippen LogP contribution in [0.25, 0.3) is 0 Å². The Labute approximate surface area is 255 Å². The molecular weight excluding hydrogens is 600 g/mol. The first-order chi connectivity index (χ1) is 20.4. The molecule has 0 aromatic carbocycles. The highest BCUT2D eigenvalue weighted by atomic mass is 32.2. The van der Waals surface area contributed by atoms with Crippen molar-refractivity contribution >= 4 is 64.4 Å². The van der Waals surface area contributed by atoms with E-state index in [-0.39, 0.29) is 28.8 Å². The number of aliphatic carboxylic acids is 2. The van der Waals surface area contributed by atoms with Crippen LogP contribution in [0.4, 0.5) is 11.4 Å². The summed E-state index contributed by atoms with van der Waals surface area (Å²) < 4.78 is 0. The lowest BCUT2D eigenvalue weighted by Gasteiger charge is -2.36. The quantitative estimate of drug-likeness (QED) is 0.168. The molecule has 1 aliphatic rings. The van der Waals surface area contributed by atoms with Gasteiger partial charge >= 0.3 is 11.9 Å². The monoisotopic (exact) mass is 634 g/mol. The molecule has 0 radical (unpaired) electrons. The summed E-state index contributed by atoms with van der Waals surface area (Å²) in [5.74, 6) is -4.80. The predicted molar refractivity (Wildman–Crippen MR) is 160 cm³/mol. The maximum atomic E-state index is 14.3. The predicted octanol–water partition coefficient (Wildman–Crippen LogP) is 0.844. The van der Waals surface area contributed by atoms with Crippen LogP contribution in [0, 0.1) is 11.8 Å². The van der Waals surface area contributed by atoms with E-state index < -0.39 is 58.2 Å². The van der Waals surface area contributed by atoms with E-state index in [1.165, 1.54) is 38.8 Å². The number of amides is 2. The molecule has 0 bridgehead atoms. The second kappa shape index (κ2) is 15.5. The molecule has 8 N–H and O–H groups in total. The highest BCUT2D eigenvalue weighted by Gasteiger charge is 2.43. The summed E-state index contributed by atoms with van der Waals surface area (Å²) in [7, 11) is 0. The van der Waals surface area contributed by atoms with Crippen molar-refractivity contribution in [3.63, 3.8) is 0 Å². The fourth-order valence-electron chi connectivity index (χ4n) is 4.80. The van der Waals surface area contributed by atoms with Gasteiger partial charge in [0, 0.05) is 37.2 Å². The minimum Gasteiger partial charge on any atom is -0.480 e. The summed E-state index contributed by atoms with van der Waals surface area (Å²) in [5, 5.41) is 22.7. The SMILES string of the molecule is CC(=O)N[C@@H](CSC(c1ncc(N)cn1)C1CCCC(C(SC[C@H](NC(C)=O)C(=O)O)c2ncncc2N)C1=O)C(=O)O. The Kier molecular flexibility index (Phi) is 12.1. The number of Topliss-reactive ketones (excluding diaryl/α,β-unsaturated/α-hetero) is 1. The van der Waals surface area contributed by atoms with Gasteiger partial charge in [-0.05, 0) is 12.8 Å². The lowest BCUT2D eigenvalue weighted by molar-refractivity contribution is -0.141. The molecule has 17 heteroatoms. The molecule has 2 aromatic rings. The topological polar surface area (TPSA) is 253 Å². The molecule has 1 aliphatic carbocycles. The molecule has 1 fully saturated rings. The maximum Gasteiger partial charge on any atom is 0.327 e. The number of carbonyl (C=O) groups excluding carboxylic acids is 3. The third kappa shape index (κ3) is 9.25. The van der Waals surface area contributed by atoms with Gasteiger partial charge in [0.25, 0.3) is 0 Å². The van der Waals surface area contributed by atoms with Crippen LogP contribution in [-0.2, 0) is 24.0 Å². The average molecular weight is 635 g/mol. The van der Waals surface area contributed by atoms with Crippen LogP contribution in [0.1, 0.15) is 55.1 Å². The highest BCUT2D eigenvalue weighted by molar-refractivity contribution is 7.99. The number of nitrogen functional groups attached to an aromatic ring is 2. The number of thioether (sulfide) groups is 2. The van der Waals surface area contributed by atoms with Crippen LogP contribution in [0.3, 0.4) is 0 Å². The highest BCUT2D eigenvalue weighted by Crippen LogP contribution is 2.48. The third-order valence-corrected chi connectivity index (χ3v) is 9.58. The van der Waals surface area contributed by atoms with Crippen molar-refractivity contribution in [1.29, 1.82) is 0 Å². The summed E-state index contributed by atoms with van der Waals surface area (Å²) in [6, 6.07) is -2.42. The normalized spacial score (nSPS) is 19.4. The molecule has 2 heterocycles. The Morgan fingerprint density at radius 2 is 1.40 bits per heavy atom. The van der Waals surface area contributed by atoms with Crippen molar-refractivity contribution in [3.8, 4) is 0 Å². The first-order valence-electron chi connectivity index (χ1n) is 13.3. The summed E-state index contributed by atoms with van der Waals surface area (Å²) in [6.07, 6.45) is 7.02. The molecule has 232 valence electrons. The number of rotatable bonds is 14. The molecule has 15 nitrogen and oxygen atoms in total. The number of ketones is 1. The van der Waals surface area contributed by atoms with E-state index in [0.717, 1.165) is 23.5 Å². The molecule has 6 atom stereocenters. The summed E-state index contributed by atoms with van der Waals surface area (Å²) in [4.78, 5) is 78.0. The summed E-state index contributed by atoms with van der Waals surface area (Å²) in [6.45, 7) is 2.43. The zero-order valence-electron chi connectivity index (χ0n) is 23.5. The van der Waals surface area contributed by atoms with Gasteiger partial charge in [0.1, 0.15) is 30.0 Å². The minimum absolute atomic E-state index is 0.0597. The Bertz CT molecular complexity index is 1330. The first kappa shape index (κ1) is 33.5. The fourth-order valence-corrected chi connectivity index (χ4v) is 7.68. The lowest BCUT2D eigenvalue weighted by Crippen LogP contribution is -2.42. The maximum absolute atomic E-state index is 14.3. The van der Waals surface area contributed by atoms with Crippen LogP contribution < -0.4 is 22.1 Å². The van der Waals surface area contributed by atoms with Crippen molar-refractivity contribution in [2.45, 2.75) is 55.7 Å².